The second-order valence-corrected chi connectivity index (χ2v) is 5.75. The van der Waals surface area contributed by atoms with Crippen molar-refractivity contribution < 1.29 is 14.7 Å². The summed E-state index contributed by atoms with van der Waals surface area (Å²) in [6.07, 6.45) is 2.49. The molecule has 2 aromatic carbocycles. The number of hydrogen-bond acceptors (Lipinski definition) is 2. The van der Waals surface area contributed by atoms with Crippen LogP contribution < -0.4 is 5.32 Å². The minimum absolute atomic E-state index is 0.144. The molecule has 4 heteroatoms. The Balaban J connectivity index is 2.18. The summed E-state index contributed by atoms with van der Waals surface area (Å²) in [4.78, 5) is 21.4. The number of amides is 1. The summed E-state index contributed by atoms with van der Waals surface area (Å²) in [5, 5.41) is 11.7. The fourth-order valence-corrected chi connectivity index (χ4v) is 2.50. The molecule has 0 fully saturated rings. The summed E-state index contributed by atoms with van der Waals surface area (Å²) in [6.45, 7) is 4.06. The summed E-state index contributed by atoms with van der Waals surface area (Å²) < 4.78 is 0. The highest BCUT2D eigenvalue weighted by Gasteiger charge is 2.07. The third-order valence-corrected chi connectivity index (χ3v) is 4.01. The molecule has 1 atom stereocenters. The lowest BCUT2D eigenvalue weighted by Gasteiger charge is -2.13. The molecule has 23 heavy (non-hydrogen) atoms. The molecule has 0 aliphatic carbocycles. The van der Waals surface area contributed by atoms with Crippen molar-refractivity contribution in [1.29, 1.82) is 0 Å². The third-order valence-electron chi connectivity index (χ3n) is 4.01. The molecule has 0 bridgehead atoms. The summed E-state index contributed by atoms with van der Waals surface area (Å²) in [5.41, 5.74) is 4.81. The van der Waals surface area contributed by atoms with E-state index in [0.717, 1.165) is 30.4 Å². The third kappa shape index (κ3) is 4.42. The average Bonchev–Trinajstić information content (AvgIpc) is 2.54. The van der Waals surface area contributed by atoms with Gasteiger partial charge in [0.2, 0.25) is 6.41 Å². The van der Waals surface area contributed by atoms with E-state index in [1.54, 1.807) is 12.1 Å². The van der Waals surface area contributed by atoms with Gasteiger partial charge >= 0.3 is 5.97 Å². The van der Waals surface area contributed by atoms with Crippen LogP contribution >= 0.6 is 0 Å². The van der Waals surface area contributed by atoms with E-state index in [4.69, 9.17) is 5.11 Å². The SMILES string of the molecule is Cc1ccc(-c2ccc(C(=O)O)cc2)cc1CC[C@H](C)NC=O. The van der Waals surface area contributed by atoms with E-state index in [-0.39, 0.29) is 11.6 Å². The first-order valence-corrected chi connectivity index (χ1v) is 7.64. The highest BCUT2D eigenvalue weighted by molar-refractivity contribution is 5.88. The van der Waals surface area contributed by atoms with Gasteiger partial charge in [0.05, 0.1) is 5.56 Å². The molecule has 0 aliphatic heterocycles. The zero-order chi connectivity index (χ0) is 16.8. The van der Waals surface area contributed by atoms with Crippen molar-refractivity contribution in [2.24, 2.45) is 0 Å². The normalized spacial score (nSPS) is 11.7. The lowest BCUT2D eigenvalue weighted by molar-refractivity contribution is -0.110. The number of benzene rings is 2. The van der Waals surface area contributed by atoms with Crippen molar-refractivity contribution in [2.75, 3.05) is 0 Å². The largest absolute Gasteiger partial charge is 0.478 e. The molecular weight excluding hydrogens is 290 g/mol. The van der Waals surface area contributed by atoms with Gasteiger partial charge < -0.3 is 10.4 Å². The molecule has 0 heterocycles. The molecule has 0 spiro atoms. The van der Waals surface area contributed by atoms with Gasteiger partial charge in [-0.3, -0.25) is 4.79 Å². The van der Waals surface area contributed by atoms with Crippen molar-refractivity contribution in [3.63, 3.8) is 0 Å². The maximum atomic E-state index is 10.9. The molecule has 2 N–H and O–H groups in total. The van der Waals surface area contributed by atoms with Crippen LogP contribution in [0.25, 0.3) is 11.1 Å². The minimum atomic E-state index is -0.919. The van der Waals surface area contributed by atoms with E-state index in [1.807, 2.05) is 25.1 Å². The molecule has 0 aromatic heterocycles. The predicted octanol–water partition coefficient (Wildman–Crippen LogP) is 3.43. The number of carboxylic acids is 1. The number of hydrogen-bond donors (Lipinski definition) is 2. The Morgan fingerprint density at radius 3 is 2.43 bits per heavy atom. The summed E-state index contributed by atoms with van der Waals surface area (Å²) >= 11 is 0. The number of aryl methyl sites for hydroxylation is 2. The Morgan fingerprint density at radius 1 is 1.17 bits per heavy atom. The summed E-state index contributed by atoms with van der Waals surface area (Å²) in [5.74, 6) is -0.919. The van der Waals surface area contributed by atoms with Crippen LogP contribution in [0.3, 0.4) is 0 Å². The van der Waals surface area contributed by atoms with E-state index in [2.05, 4.69) is 24.4 Å². The maximum Gasteiger partial charge on any atom is 0.335 e. The first-order valence-electron chi connectivity index (χ1n) is 7.64. The average molecular weight is 311 g/mol. The molecular formula is C19H21NO3. The van der Waals surface area contributed by atoms with Gasteiger partial charge in [0.15, 0.2) is 0 Å². The van der Waals surface area contributed by atoms with Crippen LogP contribution in [0.1, 0.15) is 34.8 Å². The zero-order valence-corrected chi connectivity index (χ0v) is 13.4. The maximum absolute atomic E-state index is 10.9. The van der Waals surface area contributed by atoms with E-state index in [1.165, 1.54) is 11.1 Å². The number of aromatic carboxylic acids is 1. The molecule has 0 radical (unpaired) electrons. The van der Waals surface area contributed by atoms with Crippen molar-refractivity contribution in [2.45, 2.75) is 32.7 Å². The monoisotopic (exact) mass is 311 g/mol. The van der Waals surface area contributed by atoms with Gasteiger partial charge in [-0.05, 0) is 61.1 Å². The van der Waals surface area contributed by atoms with Crippen molar-refractivity contribution in [3.8, 4) is 11.1 Å². The fraction of sp³-hybridized carbons (Fsp3) is 0.263. The zero-order valence-electron chi connectivity index (χ0n) is 13.4. The van der Waals surface area contributed by atoms with Crippen molar-refractivity contribution in [1.82, 2.24) is 5.32 Å². The number of rotatable bonds is 7. The molecule has 0 saturated carbocycles. The Bertz CT molecular complexity index is 692. The Kier molecular flexibility index (Phi) is 5.52. The topological polar surface area (TPSA) is 66.4 Å². The number of carbonyl (C=O) groups is 2. The molecule has 2 aromatic rings. The summed E-state index contributed by atoms with van der Waals surface area (Å²) in [7, 11) is 0. The van der Waals surface area contributed by atoms with Crippen LogP contribution in [-0.4, -0.2) is 23.5 Å². The molecule has 0 aliphatic rings. The molecule has 4 nitrogen and oxygen atoms in total. The standard InChI is InChI=1S/C19H21NO3/c1-13-3-5-18(11-17(13)6-4-14(2)20-12-21)15-7-9-16(10-8-15)19(22)23/h3,5,7-12,14H,4,6H2,1-2H3,(H,20,21)(H,22,23)/t14-/m0/s1. The van der Waals surface area contributed by atoms with E-state index >= 15 is 0 Å². The van der Waals surface area contributed by atoms with E-state index in [9.17, 15) is 9.59 Å². The van der Waals surface area contributed by atoms with Gasteiger partial charge in [-0.1, -0.05) is 30.3 Å². The van der Waals surface area contributed by atoms with Crippen LogP contribution in [0, 0.1) is 6.92 Å². The Morgan fingerprint density at radius 2 is 1.83 bits per heavy atom. The first kappa shape index (κ1) is 16.7. The van der Waals surface area contributed by atoms with Crippen LogP contribution in [0.4, 0.5) is 0 Å². The van der Waals surface area contributed by atoms with Crippen LogP contribution in [0.5, 0.6) is 0 Å². The Labute approximate surface area is 136 Å². The summed E-state index contributed by atoms with van der Waals surface area (Å²) in [6, 6.07) is 13.3. The number of carboxylic acid groups (broad SMARTS) is 1. The second-order valence-electron chi connectivity index (χ2n) is 5.75. The van der Waals surface area contributed by atoms with Crippen LogP contribution in [-0.2, 0) is 11.2 Å². The van der Waals surface area contributed by atoms with Gasteiger partial charge in [0.1, 0.15) is 0 Å². The highest BCUT2D eigenvalue weighted by atomic mass is 16.4. The van der Waals surface area contributed by atoms with Gasteiger partial charge in [-0.15, -0.1) is 0 Å². The first-order chi connectivity index (χ1) is 11.0. The fourth-order valence-electron chi connectivity index (χ4n) is 2.50. The highest BCUT2D eigenvalue weighted by Crippen LogP contribution is 2.24. The van der Waals surface area contributed by atoms with Gasteiger partial charge in [0, 0.05) is 6.04 Å². The lowest BCUT2D eigenvalue weighted by atomic mass is 9.95. The molecule has 2 rings (SSSR count). The van der Waals surface area contributed by atoms with Gasteiger partial charge in [-0.2, -0.15) is 0 Å². The van der Waals surface area contributed by atoms with Crippen LogP contribution in [0.15, 0.2) is 42.5 Å². The van der Waals surface area contributed by atoms with E-state index < -0.39 is 5.97 Å². The van der Waals surface area contributed by atoms with Gasteiger partial charge in [-0.25, -0.2) is 4.79 Å². The molecule has 0 unspecified atom stereocenters. The minimum Gasteiger partial charge on any atom is -0.478 e. The Hall–Kier alpha value is -2.62. The van der Waals surface area contributed by atoms with Crippen molar-refractivity contribution >= 4 is 12.4 Å². The van der Waals surface area contributed by atoms with E-state index in [0.29, 0.717) is 0 Å². The van der Waals surface area contributed by atoms with Gasteiger partial charge in [0.25, 0.3) is 0 Å². The smallest absolute Gasteiger partial charge is 0.335 e. The number of nitrogens with one attached hydrogen (secondary N) is 1. The number of carbonyl (C=O) groups excluding carboxylic acids is 1. The molecule has 1 amide bonds. The molecule has 0 saturated heterocycles. The molecule has 120 valence electrons. The second kappa shape index (κ2) is 7.58. The quantitative estimate of drug-likeness (QED) is 0.770. The lowest BCUT2D eigenvalue weighted by Crippen LogP contribution is -2.24. The van der Waals surface area contributed by atoms with Crippen LogP contribution in [0.2, 0.25) is 0 Å². The predicted molar refractivity (Wildman–Crippen MR) is 90.6 cm³/mol. The van der Waals surface area contributed by atoms with Crippen molar-refractivity contribution in [3.05, 3.63) is 59.2 Å².